The molecule has 4 rings (SSSR count). The van der Waals surface area contributed by atoms with Crippen LogP contribution in [0.3, 0.4) is 0 Å². The van der Waals surface area contributed by atoms with Gasteiger partial charge in [0.25, 0.3) is 6.01 Å². The highest BCUT2D eigenvalue weighted by molar-refractivity contribution is 5.58. The molecule has 0 saturated carbocycles. The predicted molar refractivity (Wildman–Crippen MR) is 81.8 cm³/mol. The molecule has 2 aromatic heterocycles. The van der Waals surface area contributed by atoms with Crippen molar-refractivity contribution in [2.24, 2.45) is 0 Å². The van der Waals surface area contributed by atoms with Crippen LogP contribution in [0.25, 0.3) is 11.3 Å². The fourth-order valence-corrected chi connectivity index (χ4v) is 2.60. The molecule has 116 valence electrons. The molecule has 0 saturated heterocycles. The van der Waals surface area contributed by atoms with Crippen molar-refractivity contribution in [3.8, 4) is 23.0 Å². The third-order valence-corrected chi connectivity index (χ3v) is 3.67. The topological polar surface area (TPSA) is 49.2 Å². The smallest absolute Gasteiger partial charge is 0.297 e. The zero-order valence-corrected chi connectivity index (χ0v) is 12.2. The number of benzene rings is 1. The molecule has 1 atom stereocenters. The summed E-state index contributed by atoms with van der Waals surface area (Å²) in [6, 6.07) is 10.5. The molecule has 0 bridgehead atoms. The molecule has 1 aliphatic rings. The zero-order chi connectivity index (χ0) is 15.6. The summed E-state index contributed by atoms with van der Waals surface area (Å²) in [4.78, 5) is 8.42. The zero-order valence-electron chi connectivity index (χ0n) is 12.2. The third kappa shape index (κ3) is 2.75. The molecule has 0 radical (unpaired) electrons. The monoisotopic (exact) mass is 311 g/mol. The standard InChI is InChI=1S/C17H14FN3O2/c18-13-4-1-5-14(7-13)22-11-15-10-21-16(9-20-17(21)23-15)12-3-2-6-19-8-12/h1-9,15H,10-11H2. The summed E-state index contributed by atoms with van der Waals surface area (Å²) in [7, 11) is 0. The second-order valence-electron chi connectivity index (χ2n) is 5.29. The summed E-state index contributed by atoms with van der Waals surface area (Å²) >= 11 is 0. The van der Waals surface area contributed by atoms with Gasteiger partial charge < -0.3 is 9.47 Å². The lowest BCUT2D eigenvalue weighted by atomic mass is 10.2. The number of ether oxygens (including phenoxy) is 2. The van der Waals surface area contributed by atoms with Crippen LogP contribution in [0.15, 0.2) is 55.0 Å². The van der Waals surface area contributed by atoms with Gasteiger partial charge in [0, 0.05) is 24.0 Å². The van der Waals surface area contributed by atoms with Crippen LogP contribution >= 0.6 is 0 Å². The van der Waals surface area contributed by atoms with Crippen LogP contribution in [0, 0.1) is 5.82 Å². The number of hydrogen-bond acceptors (Lipinski definition) is 4. The molecule has 3 heterocycles. The van der Waals surface area contributed by atoms with Crippen LogP contribution in [-0.4, -0.2) is 27.2 Å². The van der Waals surface area contributed by atoms with E-state index in [0.717, 1.165) is 11.3 Å². The quantitative estimate of drug-likeness (QED) is 0.743. The van der Waals surface area contributed by atoms with Crippen molar-refractivity contribution in [3.05, 3.63) is 60.8 Å². The van der Waals surface area contributed by atoms with E-state index in [0.29, 0.717) is 24.9 Å². The average Bonchev–Trinajstić information content (AvgIpc) is 3.14. The van der Waals surface area contributed by atoms with E-state index in [4.69, 9.17) is 9.47 Å². The minimum absolute atomic E-state index is 0.155. The normalized spacial score (nSPS) is 16.0. The molecule has 3 aromatic rings. The van der Waals surface area contributed by atoms with Crippen LogP contribution in [0.1, 0.15) is 0 Å². The number of imidazole rings is 1. The summed E-state index contributed by atoms with van der Waals surface area (Å²) < 4.78 is 26.5. The minimum Gasteiger partial charge on any atom is -0.490 e. The van der Waals surface area contributed by atoms with E-state index in [1.165, 1.54) is 12.1 Å². The summed E-state index contributed by atoms with van der Waals surface area (Å²) in [5.41, 5.74) is 1.95. The first-order chi connectivity index (χ1) is 11.3. The Kier molecular flexibility index (Phi) is 3.42. The molecular weight excluding hydrogens is 297 g/mol. The number of rotatable bonds is 4. The molecule has 0 amide bonds. The van der Waals surface area contributed by atoms with Gasteiger partial charge in [-0.2, -0.15) is 0 Å². The Bertz CT molecular complexity index is 820. The fourth-order valence-electron chi connectivity index (χ4n) is 2.60. The highest BCUT2D eigenvalue weighted by Gasteiger charge is 2.27. The summed E-state index contributed by atoms with van der Waals surface area (Å²) in [5, 5.41) is 0. The lowest BCUT2D eigenvalue weighted by Crippen LogP contribution is -2.23. The molecule has 0 N–H and O–H groups in total. The van der Waals surface area contributed by atoms with Crippen molar-refractivity contribution in [1.82, 2.24) is 14.5 Å². The summed E-state index contributed by atoms with van der Waals surface area (Å²) in [5.74, 6) is 0.173. The number of hydrogen-bond donors (Lipinski definition) is 0. The van der Waals surface area contributed by atoms with Gasteiger partial charge in [-0.15, -0.1) is 0 Å². The highest BCUT2D eigenvalue weighted by atomic mass is 19.1. The van der Waals surface area contributed by atoms with Gasteiger partial charge in [-0.25, -0.2) is 9.37 Å². The first-order valence-corrected chi connectivity index (χ1v) is 7.30. The van der Waals surface area contributed by atoms with Crippen LogP contribution < -0.4 is 9.47 Å². The van der Waals surface area contributed by atoms with Crippen LogP contribution in [0.5, 0.6) is 11.8 Å². The van der Waals surface area contributed by atoms with Crippen molar-refractivity contribution >= 4 is 0 Å². The Balaban J connectivity index is 1.45. The number of nitrogens with zero attached hydrogens (tertiary/aromatic N) is 3. The second kappa shape index (κ2) is 5.72. The third-order valence-electron chi connectivity index (χ3n) is 3.67. The molecule has 1 unspecified atom stereocenters. The van der Waals surface area contributed by atoms with Gasteiger partial charge in [-0.3, -0.25) is 9.55 Å². The maximum Gasteiger partial charge on any atom is 0.297 e. The Morgan fingerprint density at radius 1 is 1.26 bits per heavy atom. The van der Waals surface area contributed by atoms with Gasteiger partial charge in [0.1, 0.15) is 18.2 Å². The van der Waals surface area contributed by atoms with Crippen molar-refractivity contribution in [1.29, 1.82) is 0 Å². The van der Waals surface area contributed by atoms with Crippen LogP contribution in [-0.2, 0) is 6.54 Å². The fraction of sp³-hybridized carbons (Fsp3) is 0.176. The van der Waals surface area contributed by atoms with E-state index in [-0.39, 0.29) is 11.9 Å². The van der Waals surface area contributed by atoms with Crippen LogP contribution in [0.4, 0.5) is 4.39 Å². The number of pyridine rings is 1. The van der Waals surface area contributed by atoms with Gasteiger partial charge in [-0.1, -0.05) is 6.07 Å². The predicted octanol–water partition coefficient (Wildman–Crippen LogP) is 2.92. The first kappa shape index (κ1) is 13.8. The maximum atomic E-state index is 13.1. The van der Waals surface area contributed by atoms with E-state index in [2.05, 4.69) is 9.97 Å². The Labute approximate surface area is 132 Å². The van der Waals surface area contributed by atoms with Gasteiger partial charge in [-0.05, 0) is 24.3 Å². The van der Waals surface area contributed by atoms with Gasteiger partial charge in [0.05, 0.1) is 18.4 Å². The maximum absolute atomic E-state index is 13.1. The van der Waals surface area contributed by atoms with E-state index in [9.17, 15) is 4.39 Å². The van der Waals surface area contributed by atoms with E-state index in [1.807, 2.05) is 16.7 Å². The van der Waals surface area contributed by atoms with Gasteiger partial charge in [0.2, 0.25) is 0 Å². The lowest BCUT2D eigenvalue weighted by molar-refractivity contribution is 0.143. The second-order valence-corrected chi connectivity index (χ2v) is 5.29. The number of aromatic nitrogens is 3. The lowest BCUT2D eigenvalue weighted by Gasteiger charge is -2.11. The van der Waals surface area contributed by atoms with Crippen LogP contribution in [0.2, 0.25) is 0 Å². The van der Waals surface area contributed by atoms with E-state index < -0.39 is 0 Å². The summed E-state index contributed by atoms with van der Waals surface area (Å²) in [6.45, 7) is 0.966. The highest BCUT2D eigenvalue weighted by Crippen LogP contribution is 2.29. The first-order valence-electron chi connectivity index (χ1n) is 7.30. The minimum atomic E-state index is -0.318. The van der Waals surface area contributed by atoms with Crippen molar-refractivity contribution in [2.75, 3.05) is 6.61 Å². The Hall–Kier alpha value is -2.89. The molecule has 0 fully saturated rings. The molecule has 1 aromatic carbocycles. The molecule has 0 aliphatic carbocycles. The largest absolute Gasteiger partial charge is 0.490 e. The molecule has 1 aliphatic heterocycles. The SMILES string of the molecule is Fc1cccc(OCC2Cn3c(-c4cccnc4)cnc3O2)c1. The average molecular weight is 311 g/mol. The Morgan fingerprint density at radius 3 is 3.04 bits per heavy atom. The van der Waals surface area contributed by atoms with E-state index >= 15 is 0 Å². The molecule has 5 nitrogen and oxygen atoms in total. The molecule has 23 heavy (non-hydrogen) atoms. The Morgan fingerprint density at radius 2 is 2.22 bits per heavy atom. The van der Waals surface area contributed by atoms with E-state index in [1.54, 1.807) is 30.7 Å². The molecular formula is C17H14FN3O2. The van der Waals surface area contributed by atoms with Gasteiger partial charge in [0.15, 0.2) is 6.10 Å². The van der Waals surface area contributed by atoms with Crippen molar-refractivity contribution in [2.45, 2.75) is 12.6 Å². The number of halogens is 1. The summed E-state index contributed by atoms with van der Waals surface area (Å²) in [6.07, 6.45) is 5.14. The van der Waals surface area contributed by atoms with Crippen molar-refractivity contribution in [3.63, 3.8) is 0 Å². The number of fused-ring (bicyclic) bond motifs is 1. The van der Waals surface area contributed by atoms with Gasteiger partial charge >= 0.3 is 0 Å². The molecule has 0 spiro atoms. The molecule has 6 heteroatoms. The van der Waals surface area contributed by atoms with Crippen molar-refractivity contribution < 1.29 is 13.9 Å².